The third kappa shape index (κ3) is 3.96. The standard InChI is InChI=1S/C14H21BO4/c1-18-13-6-7-14(15(16)17)12(8-13)10-19-9-11-4-2-3-5-11/h6-8,11,16-17H,2-5,9-10H2,1H3. The Bertz CT molecular complexity index is 402. The number of methoxy groups -OCH3 is 1. The summed E-state index contributed by atoms with van der Waals surface area (Å²) in [4.78, 5) is 0. The molecule has 2 N–H and O–H groups in total. The van der Waals surface area contributed by atoms with Crippen molar-refractivity contribution in [3.8, 4) is 5.75 Å². The molecule has 4 nitrogen and oxygen atoms in total. The zero-order valence-electron chi connectivity index (χ0n) is 11.3. The molecular formula is C14H21BO4. The predicted octanol–water partition coefficient (Wildman–Crippen LogP) is 1.08. The monoisotopic (exact) mass is 264 g/mol. The van der Waals surface area contributed by atoms with Gasteiger partial charge in [-0.3, -0.25) is 0 Å². The molecule has 1 aromatic rings. The first-order chi connectivity index (χ1) is 9.20. The molecule has 1 aliphatic rings. The van der Waals surface area contributed by atoms with Crippen LogP contribution in [-0.2, 0) is 11.3 Å². The second kappa shape index (κ2) is 6.94. The van der Waals surface area contributed by atoms with Crippen LogP contribution < -0.4 is 10.2 Å². The molecule has 19 heavy (non-hydrogen) atoms. The molecule has 0 atom stereocenters. The van der Waals surface area contributed by atoms with Gasteiger partial charge in [0.2, 0.25) is 0 Å². The lowest BCUT2D eigenvalue weighted by Gasteiger charge is -2.13. The van der Waals surface area contributed by atoms with Gasteiger partial charge < -0.3 is 19.5 Å². The highest BCUT2D eigenvalue weighted by molar-refractivity contribution is 6.59. The Balaban J connectivity index is 1.96. The molecule has 1 aliphatic carbocycles. The first-order valence-electron chi connectivity index (χ1n) is 6.81. The van der Waals surface area contributed by atoms with Gasteiger partial charge in [0.1, 0.15) is 5.75 Å². The fourth-order valence-corrected chi connectivity index (χ4v) is 2.60. The summed E-state index contributed by atoms with van der Waals surface area (Å²) in [6.45, 7) is 1.14. The van der Waals surface area contributed by atoms with Crippen LogP contribution in [0.3, 0.4) is 0 Å². The van der Waals surface area contributed by atoms with Crippen LogP contribution in [0.15, 0.2) is 18.2 Å². The molecule has 0 aliphatic heterocycles. The van der Waals surface area contributed by atoms with Crippen LogP contribution in [0, 0.1) is 5.92 Å². The van der Waals surface area contributed by atoms with Crippen molar-refractivity contribution < 1.29 is 19.5 Å². The van der Waals surface area contributed by atoms with Crippen molar-refractivity contribution in [2.75, 3.05) is 13.7 Å². The molecular weight excluding hydrogens is 243 g/mol. The lowest BCUT2D eigenvalue weighted by Crippen LogP contribution is -2.33. The molecule has 0 aromatic heterocycles. The van der Waals surface area contributed by atoms with Crippen molar-refractivity contribution >= 4 is 12.6 Å². The molecule has 1 fully saturated rings. The fraction of sp³-hybridized carbons (Fsp3) is 0.571. The van der Waals surface area contributed by atoms with Gasteiger partial charge >= 0.3 is 7.12 Å². The Morgan fingerprint density at radius 1 is 1.26 bits per heavy atom. The van der Waals surface area contributed by atoms with Gasteiger partial charge in [-0.2, -0.15) is 0 Å². The second-order valence-electron chi connectivity index (χ2n) is 5.10. The van der Waals surface area contributed by atoms with Crippen molar-refractivity contribution in [2.45, 2.75) is 32.3 Å². The molecule has 0 bridgehead atoms. The van der Waals surface area contributed by atoms with E-state index in [-0.39, 0.29) is 0 Å². The van der Waals surface area contributed by atoms with Gasteiger partial charge in [-0.15, -0.1) is 0 Å². The van der Waals surface area contributed by atoms with Crippen molar-refractivity contribution in [2.24, 2.45) is 5.92 Å². The van der Waals surface area contributed by atoms with E-state index in [2.05, 4.69) is 0 Å². The highest BCUT2D eigenvalue weighted by Gasteiger charge is 2.18. The summed E-state index contributed by atoms with van der Waals surface area (Å²) in [7, 11) is 0.115. The molecule has 2 rings (SSSR count). The highest BCUT2D eigenvalue weighted by atomic mass is 16.5. The summed E-state index contributed by atoms with van der Waals surface area (Å²) in [5, 5.41) is 18.7. The summed E-state index contributed by atoms with van der Waals surface area (Å²) in [5.74, 6) is 1.36. The Kier molecular flexibility index (Phi) is 5.25. The van der Waals surface area contributed by atoms with E-state index < -0.39 is 7.12 Å². The van der Waals surface area contributed by atoms with E-state index in [0.29, 0.717) is 23.7 Å². The molecule has 1 aromatic carbocycles. The van der Waals surface area contributed by atoms with Gasteiger partial charge in [-0.1, -0.05) is 18.9 Å². The van der Waals surface area contributed by atoms with Crippen molar-refractivity contribution in [1.82, 2.24) is 0 Å². The Morgan fingerprint density at radius 2 is 2.00 bits per heavy atom. The van der Waals surface area contributed by atoms with Crippen LogP contribution >= 0.6 is 0 Å². The minimum absolute atomic E-state index is 0.390. The Hall–Kier alpha value is -1.04. The van der Waals surface area contributed by atoms with Crippen molar-refractivity contribution in [1.29, 1.82) is 0 Å². The maximum Gasteiger partial charge on any atom is 0.488 e. The molecule has 5 heteroatoms. The van der Waals surface area contributed by atoms with Crippen LogP contribution in [0.1, 0.15) is 31.2 Å². The van der Waals surface area contributed by atoms with Crippen LogP contribution in [0.25, 0.3) is 0 Å². The molecule has 0 spiro atoms. The summed E-state index contributed by atoms with van der Waals surface area (Å²) < 4.78 is 10.9. The van der Waals surface area contributed by atoms with E-state index in [1.807, 2.05) is 0 Å². The van der Waals surface area contributed by atoms with Crippen LogP contribution in [0.2, 0.25) is 0 Å². The molecule has 0 amide bonds. The van der Waals surface area contributed by atoms with Gasteiger partial charge in [0.05, 0.1) is 13.7 Å². The maximum absolute atomic E-state index is 9.34. The molecule has 0 unspecified atom stereocenters. The van der Waals surface area contributed by atoms with Crippen LogP contribution in [0.5, 0.6) is 5.75 Å². The van der Waals surface area contributed by atoms with Crippen LogP contribution in [-0.4, -0.2) is 30.9 Å². The number of benzene rings is 1. The smallest absolute Gasteiger partial charge is 0.488 e. The summed E-state index contributed by atoms with van der Waals surface area (Å²) in [6, 6.07) is 5.18. The number of ether oxygens (including phenoxy) is 2. The first kappa shape index (κ1) is 14.4. The second-order valence-corrected chi connectivity index (χ2v) is 5.10. The average Bonchev–Trinajstić information content (AvgIpc) is 2.91. The first-order valence-corrected chi connectivity index (χ1v) is 6.81. The molecule has 104 valence electrons. The van der Waals surface area contributed by atoms with Gasteiger partial charge in [0.15, 0.2) is 0 Å². The quantitative estimate of drug-likeness (QED) is 0.755. The van der Waals surface area contributed by atoms with E-state index in [4.69, 9.17) is 9.47 Å². The third-order valence-corrected chi connectivity index (χ3v) is 3.71. The van der Waals surface area contributed by atoms with E-state index in [0.717, 1.165) is 12.2 Å². The minimum atomic E-state index is -1.48. The van der Waals surface area contributed by atoms with E-state index in [9.17, 15) is 10.0 Å². The topological polar surface area (TPSA) is 58.9 Å². The van der Waals surface area contributed by atoms with Gasteiger partial charge in [-0.05, 0) is 41.9 Å². The van der Waals surface area contributed by atoms with Crippen LogP contribution in [0.4, 0.5) is 0 Å². The van der Waals surface area contributed by atoms with E-state index in [1.165, 1.54) is 25.7 Å². The Labute approximate surface area is 114 Å². The number of hydrogen-bond acceptors (Lipinski definition) is 4. The maximum atomic E-state index is 9.34. The number of hydrogen-bond donors (Lipinski definition) is 2. The predicted molar refractivity (Wildman–Crippen MR) is 74.4 cm³/mol. The molecule has 0 heterocycles. The Morgan fingerprint density at radius 3 is 2.63 bits per heavy atom. The van der Waals surface area contributed by atoms with Gasteiger partial charge in [-0.25, -0.2) is 0 Å². The molecule has 0 radical (unpaired) electrons. The average molecular weight is 264 g/mol. The van der Waals surface area contributed by atoms with Gasteiger partial charge in [0, 0.05) is 6.61 Å². The largest absolute Gasteiger partial charge is 0.497 e. The van der Waals surface area contributed by atoms with Gasteiger partial charge in [0.25, 0.3) is 0 Å². The fourth-order valence-electron chi connectivity index (χ4n) is 2.60. The lowest BCUT2D eigenvalue weighted by molar-refractivity contribution is 0.0891. The molecule has 0 saturated heterocycles. The normalized spacial score (nSPS) is 15.7. The lowest BCUT2D eigenvalue weighted by atomic mass is 9.77. The molecule has 1 saturated carbocycles. The van der Waals surface area contributed by atoms with E-state index in [1.54, 1.807) is 25.3 Å². The third-order valence-electron chi connectivity index (χ3n) is 3.71. The number of rotatable bonds is 6. The SMILES string of the molecule is COc1ccc(B(O)O)c(COCC2CCCC2)c1. The van der Waals surface area contributed by atoms with E-state index >= 15 is 0 Å². The zero-order chi connectivity index (χ0) is 13.7. The minimum Gasteiger partial charge on any atom is -0.497 e. The summed E-state index contributed by atoms with van der Waals surface area (Å²) in [5.41, 5.74) is 1.25. The highest BCUT2D eigenvalue weighted by Crippen LogP contribution is 2.25. The van der Waals surface area contributed by atoms with Crippen molar-refractivity contribution in [3.05, 3.63) is 23.8 Å². The zero-order valence-corrected chi connectivity index (χ0v) is 11.3. The summed E-state index contributed by atoms with van der Waals surface area (Å²) >= 11 is 0. The summed E-state index contributed by atoms with van der Waals surface area (Å²) in [6.07, 6.45) is 5.09. The van der Waals surface area contributed by atoms with Crippen molar-refractivity contribution in [3.63, 3.8) is 0 Å².